The third-order valence-electron chi connectivity index (χ3n) is 2.98. The van der Waals surface area contributed by atoms with Crippen LogP contribution in [-0.4, -0.2) is 56.1 Å². The van der Waals surface area contributed by atoms with E-state index in [0.717, 1.165) is 13.1 Å². The van der Waals surface area contributed by atoms with Gasteiger partial charge >= 0.3 is 0 Å². The quantitative estimate of drug-likeness (QED) is 0.422. The Morgan fingerprint density at radius 1 is 1.45 bits per heavy atom. The minimum absolute atomic E-state index is 0.00215. The summed E-state index contributed by atoms with van der Waals surface area (Å²) >= 11 is 0. The van der Waals surface area contributed by atoms with Crippen LogP contribution < -0.4 is 5.32 Å². The average molecular weight is 307 g/mol. The molecule has 0 fully saturated rings. The molecule has 0 atom stereocenters. The molecule has 1 amide bonds. The Bertz CT molecular complexity index is 531. The second-order valence-corrected chi connectivity index (χ2v) is 4.77. The third kappa shape index (κ3) is 6.96. The normalized spacial score (nSPS) is 11.0. The van der Waals surface area contributed by atoms with E-state index in [1.807, 2.05) is 11.9 Å². The molecule has 0 aromatic heterocycles. The molecule has 0 aliphatic carbocycles. The van der Waals surface area contributed by atoms with E-state index in [9.17, 15) is 14.9 Å². The SMILES string of the molecule is COCCN(C)CCNC(=O)/C=C/c1cccc([N+](=O)[O-])c1. The molecule has 7 nitrogen and oxygen atoms in total. The first-order chi connectivity index (χ1) is 10.5. The molecular formula is C15H21N3O4. The van der Waals surface area contributed by atoms with Crippen LogP contribution in [0.2, 0.25) is 0 Å². The van der Waals surface area contributed by atoms with E-state index in [4.69, 9.17) is 4.74 Å². The number of carbonyl (C=O) groups excluding carboxylic acids is 1. The lowest BCUT2D eigenvalue weighted by molar-refractivity contribution is -0.384. The standard InChI is InChI=1S/C15H21N3O4/c1-17(10-11-22-2)9-8-16-15(19)7-6-13-4-3-5-14(12-13)18(20)21/h3-7,12H,8-11H2,1-2H3,(H,16,19)/b7-6+. The number of non-ortho nitro benzene ring substituents is 1. The second kappa shape index (κ2) is 9.64. The fourth-order valence-corrected chi connectivity index (χ4v) is 1.70. The van der Waals surface area contributed by atoms with Crippen molar-refractivity contribution in [1.29, 1.82) is 0 Å². The Hall–Kier alpha value is -2.25. The van der Waals surface area contributed by atoms with Gasteiger partial charge in [0.05, 0.1) is 11.5 Å². The molecule has 0 saturated carbocycles. The zero-order valence-corrected chi connectivity index (χ0v) is 12.8. The number of hydrogen-bond acceptors (Lipinski definition) is 5. The van der Waals surface area contributed by atoms with Gasteiger partial charge < -0.3 is 15.0 Å². The maximum Gasteiger partial charge on any atom is 0.270 e. The predicted octanol–water partition coefficient (Wildman–Crippen LogP) is 1.30. The van der Waals surface area contributed by atoms with Crippen molar-refractivity contribution in [2.75, 3.05) is 40.4 Å². The number of benzene rings is 1. The molecule has 0 bridgehead atoms. The van der Waals surface area contributed by atoms with Gasteiger partial charge in [0.1, 0.15) is 0 Å². The van der Waals surface area contributed by atoms with Crippen LogP contribution >= 0.6 is 0 Å². The number of ether oxygens (including phenoxy) is 1. The summed E-state index contributed by atoms with van der Waals surface area (Å²) in [4.78, 5) is 23.9. The highest BCUT2D eigenvalue weighted by molar-refractivity contribution is 5.91. The fourth-order valence-electron chi connectivity index (χ4n) is 1.70. The van der Waals surface area contributed by atoms with Crippen molar-refractivity contribution in [3.8, 4) is 0 Å². The van der Waals surface area contributed by atoms with Crippen molar-refractivity contribution in [3.05, 3.63) is 46.0 Å². The van der Waals surface area contributed by atoms with E-state index in [-0.39, 0.29) is 11.6 Å². The van der Waals surface area contributed by atoms with E-state index >= 15 is 0 Å². The van der Waals surface area contributed by atoms with Gasteiger partial charge in [0.15, 0.2) is 0 Å². The van der Waals surface area contributed by atoms with Crippen LogP contribution in [0.1, 0.15) is 5.56 Å². The van der Waals surface area contributed by atoms with Crippen molar-refractivity contribution >= 4 is 17.7 Å². The van der Waals surface area contributed by atoms with Crippen LogP contribution in [0.5, 0.6) is 0 Å². The van der Waals surface area contributed by atoms with Gasteiger partial charge in [0.2, 0.25) is 5.91 Å². The number of nitro benzene ring substituents is 1. The molecule has 0 aliphatic rings. The molecule has 120 valence electrons. The number of hydrogen-bond donors (Lipinski definition) is 1. The highest BCUT2D eigenvalue weighted by atomic mass is 16.6. The van der Waals surface area contributed by atoms with Gasteiger partial charge in [-0.15, -0.1) is 0 Å². The number of methoxy groups -OCH3 is 1. The molecule has 0 spiro atoms. The molecule has 1 aromatic rings. The van der Waals surface area contributed by atoms with E-state index in [1.165, 1.54) is 18.2 Å². The fraction of sp³-hybridized carbons (Fsp3) is 0.400. The number of nitrogens with zero attached hydrogens (tertiary/aromatic N) is 2. The monoisotopic (exact) mass is 307 g/mol. The predicted molar refractivity (Wildman–Crippen MR) is 84.5 cm³/mol. The van der Waals surface area contributed by atoms with Crippen LogP contribution in [0.3, 0.4) is 0 Å². The molecule has 0 radical (unpaired) electrons. The molecule has 1 N–H and O–H groups in total. The summed E-state index contributed by atoms with van der Waals surface area (Å²) in [6.45, 7) is 2.70. The summed E-state index contributed by atoms with van der Waals surface area (Å²) < 4.78 is 4.97. The number of nitro groups is 1. The zero-order valence-electron chi connectivity index (χ0n) is 12.8. The largest absolute Gasteiger partial charge is 0.383 e. The Kier molecular flexibility index (Phi) is 7.80. The van der Waals surface area contributed by atoms with E-state index in [0.29, 0.717) is 18.7 Å². The van der Waals surface area contributed by atoms with E-state index < -0.39 is 4.92 Å². The summed E-state index contributed by atoms with van der Waals surface area (Å²) in [5, 5.41) is 13.4. The Morgan fingerprint density at radius 3 is 2.91 bits per heavy atom. The number of nitrogens with one attached hydrogen (secondary N) is 1. The first-order valence-corrected chi connectivity index (χ1v) is 6.91. The van der Waals surface area contributed by atoms with Gasteiger partial charge in [0.25, 0.3) is 5.69 Å². The van der Waals surface area contributed by atoms with Crippen molar-refractivity contribution < 1.29 is 14.5 Å². The van der Waals surface area contributed by atoms with Crippen LogP contribution in [0.15, 0.2) is 30.3 Å². The van der Waals surface area contributed by atoms with Gasteiger partial charge in [-0.2, -0.15) is 0 Å². The first kappa shape index (κ1) is 17.8. The number of amides is 1. The first-order valence-electron chi connectivity index (χ1n) is 6.91. The lowest BCUT2D eigenvalue weighted by Crippen LogP contribution is -2.33. The molecule has 1 aromatic carbocycles. The van der Waals surface area contributed by atoms with Crippen molar-refractivity contribution in [2.24, 2.45) is 0 Å². The smallest absolute Gasteiger partial charge is 0.270 e. The van der Waals surface area contributed by atoms with Gasteiger partial charge in [0, 0.05) is 45.0 Å². The van der Waals surface area contributed by atoms with Crippen molar-refractivity contribution in [3.63, 3.8) is 0 Å². The van der Waals surface area contributed by atoms with E-state index in [2.05, 4.69) is 5.32 Å². The van der Waals surface area contributed by atoms with Gasteiger partial charge in [-0.3, -0.25) is 14.9 Å². The number of likely N-dealkylation sites (N-methyl/N-ethyl adjacent to an activating group) is 1. The van der Waals surface area contributed by atoms with Crippen molar-refractivity contribution in [1.82, 2.24) is 10.2 Å². The zero-order chi connectivity index (χ0) is 16.4. The number of carbonyl (C=O) groups is 1. The van der Waals surface area contributed by atoms with Crippen LogP contribution in [-0.2, 0) is 9.53 Å². The van der Waals surface area contributed by atoms with Gasteiger partial charge in [-0.1, -0.05) is 12.1 Å². The molecule has 0 heterocycles. The lowest BCUT2D eigenvalue weighted by atomic mass is 10.2. The molecule has 0 unspecified atom stereocenters. The molecular weight excluding hydrogens is 286 g/mol. The van der Waals surface area contributed by atoms with Crippen molar-refractivity contribution in [2.45, 2.75) is 0 Å². The summed E-state index contributed by atoms with van der Waals surface area (Å²) in [5.41, 5.74) is 0.615. The average Bonchev–Trinajstić information content (AvgIpc) is 2.51. The maximum absolute atomic E-state index is 11.7. The van der Waals surface area contributed by atoms with Gasteiger partial charge in [-0.25, -0.2) is 0 Å². The van der Waals surface area contributed by atoms with Crippen LogP contribution in [0.25, 0.3) is 6.08 Å². The maximum atomic E-state index is 11.7. The molecule has 7 heteroatoms. The summed E-state index contributed by atoms with van der Waals surface area (Å²) in [7, 11) is 3.60. The molecule has 1 rings (SSSR count). The number of rotatable bonds is 9. The molecule has 22 heavy (non-hydrogen) atoms. The second-order valence-electron chi connectivity index (χ2n) is 4.77. The Balaban J connectivity index is 2.38. The highest BCUT2D eigenvalue weighted by Gasteiger charge is 2.04. The lowest BCUT2D eigenvalue weighted by Gasteiger charge is -2.15. The Morgan fingerprint density at radius 2 is 2.23 bits per heavy atom. The summed E-state index contributed by atoms with van der Waals surface area (Å²) in [5.74, 6) is -0.230. The minimum atomic E-state index is -0.465. The third-order valence-corrected chi connectivity index (χ3v) is 2.98. The summed E-state index contributed by atoms with van der Waals surface area (Å²) in [6, 6.07) is 6.12. The highest BCUT2D eigenvalue weighted by Crippen LogP contribution is 2.13. The molecule has 0 aliphatic heterocycles. The topological polar surface area (TPSA) is 84.7 Å². The summed E-state index contributed by atoms with van der Waals surface area (Å²) in [6.07, 6.45) is 2.92. The van der Waals surface area contributed by atoms with Crippen LogP contribution in [0, 0.1) is 10.1 Å². The van der Waals surface area contributed by atoms with Gasteiger partial charge in [-0.05, 0) is 18.7 Å². The molecule has 0 saturated heterocycles. The van der Waals surface area contributed by atoms with E-state index in [1.54, 1.807) is 25.3 Å². The minimum Gasteiger partial charge on any atom is -0.383 e. The Labute approximate surface area is 129 Å². The van der Waals surface area contributed by atoms with Crippen LogP contribution in [0.4, 0.5) is 5.69 Å².